The topological polar surface area (TPSA) is 78.4 Å². The smallest absolute Gasteiger partial charge is 0.242 e. The van der Waals surface area contributed by atoms with Crippen molar-refractivity contribution in [3.63, 3.8) is 0 Å². The van der Waals surface area contributed by atoms with E-state index in [-0.39, 0.29) is 18.4 Å². The van der Waals surface area contributed by atoms with Crippen LogP contribution < -0.4 is 10.6 Å². The summed E-state index contributed by atoms with van der Waals surface area (Å²) in [6.07, 6.45) is 2.53. The Morgan fingerprint density at radius 1 is 1.56 bits per heavy atom. The number of hydrogen-bond acceptors (Lipinski definition) is 3. The van der Waals surface area contributed by atoms with Crippen molar-refractivity contribution in [2.45, 2.75) is 39.2 Å². The molecule has 0 unspecified atom stereocenters. The average molecular weight is 228 g/mol. The summed E-state index contributed by atoms with van der Waals surface area (Å²) in [7, 11) is 0. The summed E-state index contributed by atoms with van der Waals surface area (Å²) in [6.45, 7) is 3.75. The summed E-state index contributed by atoms with van der Waals surface area (Å²) in [5.41, 5.74) is -0.841. The van der Waals surface area contributed by atoms with Crippen LogP contribution in [-0.2, 0) is 9.59 Å². The van der Waals surface area contributed by atoms with Gasteiger partial charge in [-0.05, 0) is 33.1 Å². The molecule has 0 aromatic rings. The Labute approximate surface area is 95.6 Å². The van der Waals surface area contributed by atoms with Gasteiger partial charge in [-0.25, -0.2) is 0 Å². The molecule has 0 aromatic heterocycles. The van der Waals surface area contributed by atoms with Crippen molar-refractivity contribution in [3.8, 4) is 0 Å². The lowest BCUT2D eigenvalue weighted by atomic mass is 9.93. The molecule has 0 spiro atoms. The lowest BCUT2D eigenvalue weighted by Crippen LogP contribution is -2.50. The van der Waals surface area contributed by atoms with Crippen molar-refractivity contribution in [2.24, 2.45) is 5.41 Å². The minimum Gasteiger partial charge on any atom is -0.395 e. The lowest BCUT2D eigenvalue weighted by molar-refractivity contribution is -0.135. The van der Waals surface area contributed by atoms with Crippen LogP contribution in [-0.4, -0.2) is 36.1 Å². The Hall–Kier alpha value is -1.10. The van der Waals surface area contributed by atoms with Crippen LogP contribution in [0.15, 0.2) is 0 Å². The normalized spacial score (nSPS) is 22.2. The zero-order valence-electron chi connectivity index (χ0n) is 9.88. The molecule has 1 aliphatic heterocycles. The Bertz CT molecular complexity index is 276. The largest absolute Gasteiger partial charge is 0.395 e. The first kappa shape index (κ1) is 13.0. The molecule has 5 heteroatoms. The molecule has 3 N–H and O–H groups in total. The average Bonchev–Trinajstić information content (AvgIpc) is 2.44. The molecule has 1 atom stereocenters. The van der Waals surface area contributed by atoms with Crippen molar-refractivity contribution >= 4 is 11.8 Å². The predicted molar refractivity (Wildman–Crippen MR) is 59.7 cm³/mol. The zero-order chi connectivity index (χ0) is 12.2. The van der Waals surface area contributed by atoms with E-state index in [0.29, 0.717) is 13.0 Å². The molecular formula is C11H20N2O3. The molecule has 0 aromatic carbocycles. The molecule has 16 heavy (non-hydrogen) atoms. The van der Waals surface area contributed by atoms with E-state index in [1.165, 1.54) is 0 Å². The van der Waals surface area contributed by atoms with Gasteiger partial charge in [0.15, 0.2) is 0 Å². The van der Waals surface area contributed by atoms with Crippen molar-refractivity contribution in [3.05, 3.63) is 0 Å². The molecule has 1 fully saturated rings. The van der Waals surface area contributed by atoms with Crippen molar-refractivity contribution in [2.75, 3.05) is 13.2 Å². The van der Waals surface area contributed by atoms with Gasteiger partial charge in [0.2, 0.25) is 11.8 Å². The highest BCUT2D eigenvalue weighted by Crippen LogP contribution is 2.15. The molecule has 2 amide bonds. The van der Waals surface area contributed by atoms with Gasteiger partial charge in [-0.3, -0.25) is 9.59 Å². The van der Waals surface area contributed by atoms with Crippen LogP contribution in [0.2, 0.25) is 0 Å². The number of carbonyl (C=O) groups is 2. The van der Waals surface area contributed by atoms with E-state index in [9.17, 15) is 9.59 Å². The van der Waals surface area contributed by atoms with Gasteiger partial charge in [0, 0.05) is 6.54 Å². The predicted octanol–water partition coefficient (Wildman–Crippen LogP) is -0.210. The highest BCUT2D eigenvalue weighted by molar-refractivity contribution is 5.89. The number of carbonyl (C=O) groups excluding carboxylic acids is 2. The van der Waals surface area contributed by atoms with E-state index in [0.717, 1.165) is 12.8 Å². The second kappa shape index (κ2) is 5.30. The fraction of sp³-hybridized carbons (Fsp3) is 0.818. The van der Waals surface area contributed by atoms with Gasteiger partial charge in [0.1, 0.15) is 6.04 Å². The maximum absolute atomic E-state index is 11.8. The fourth-order valence-corrected chi connectivity index (χ4v) is 1.50. The van der Waals surface area contributed by atoms with E-state index in [4.69, 9.17) is 5.11 Å². The second-order valence-electron chi connectivity index (χ2n) is 4.85. The molecule has 92 valence electrons. The number of rotatable bonds is 3. The van der Waals surface area contributed by atoms with Crippen molar-refractivity contribution < 1.29 is 14.7 Å². The SMILES string of the molecule is CC(C)(CO)C(=O)N[C@H]1CCCCNC1=O. The Morgan fingerprint density at radius 3 is 2.88 bits per heavy atom. The molecule has 1 saturated heterocycles. The molecule has 5 nitrogen and oxygen atoms in total. The monoisotopic (exact) mass is 228 g/mol. The second-order valence-corrected chi connectivity index (χ2v) is 4.85. The van der Waals surface area contributed by atoms with Gasteiger partial charge in [0.25, 0.3) is 0 Å². The maximum atomic E-state index is 11.8. The molecule has 0 radical (unpaired) electrons. The standard InChI is InChI=1S/C11H20N2O3/c1-11(2,7-14)10(16)13-8-5-3-4-6-12-9(8)15/h8,14H,3-7H2,1-2H3,(H,12,15)(H,13,16)/t8-/m0/s1. The number of aliphatic hydroxyl groups is 1. The zero-order valence-corrected chi connectivity index (χ0v) is 9.88. The molecule has 1 aliphatic rings. The number of amides is 2. The van der Waals surface area contributed by atoms with Gasteiger partial charge in [-0.1, -0.05) is 0 Å². The molecule has 0 saturated carbocycles. The highest BCUT2D eigenvalue weighted by Gasteiger charge is 2.31. The van der Waals surface area contributed by atoms with Crippen LogP contribution in [0.4, 0.5) is 0 Å². The van der Waals surface area contributed by atoms with Crippen molar-refractivity contribution in [1.29, 1.82) is 0 Å². The van der Waals surface area contributed by atoms with Gasteiger partial charge in [-0.2, -0.15) is 0 Å². The van der Waals surface area contributed by atoms with Gasteiger partial charge >= 0.3 is 0 Å². The van der Waals surface area contributed by atoms with E-state index in [2.05, 4.69) is 10.6 Å². The van der Waals surface area contributed by atoms with Crippen LogP contribution in [0.5, 0.6) is 0 Å². The number of aliphatic hydroxyl groups excluding tert-OH is 1. The maximum Gasteiger partial charge on any atom is 0.242 e. The quantitative estimate of drug-likeness (QED) is 0.625. The third-order valence-corrected chi connectivity index (χ3v) is 2.85. The fourth-order valence-electron chi connectivity index (χ4n) is 1.50. The number of hydrogen-bond donors (Lipinski definition) is 3. The van der Waals surface area contributed by atoms with Crippen LogP contribution in [0.25, 0.3) is 0 Å². The molecule has 1 heterocycles. The van der Waals surface area contributed by atoms with Crippen LogP contribution >= 0.6 is 0 Å². The molecule has 1 rings (SSSR count). The first-order valence-electron chi connectivity index (χ1n) is 5.67. The first-order valence-corrected chi connectivity index (χ1v) is 5.67. The molecular weight excluding hydrogens is 208 g/mol. The lowest BCUT2D eigenvalue weighted by Gasteiger charge is -2.24. The van der Waals surface area contributed by atoms with Crippen LogP contribution in [0, 0.1) is 5.41 Å². The Balaban J connectivity index is 2.58. The third kappa shape index (κ3) is 3.20. The highest BCUT2D eigenvalue weighted by atomic mass is 16.3. The Kier molecular flexibility index (Phi) is 4.29. The van der Waals surface area contributed by atoms with Gasteiger partial charge in [0.05, 0.1) is 12.0 Å². The van der Waals surface area contributed by atoms with Crippen LogP contribution in [0.3, 0.4) is 0 Å². The van der Waals surface area contributed by atoms with E-state index >= 15 is 0 Å². The molecule has 0 aliphatic carbocycles. The minimum atomic E-state index is -0.841. The third-order valence-electron chi connectivity index (χ3n) is 2.85. The summed E-state index contributed by atoms with van der Waals surface area (Å²) in [6, 6.07) is -0.458. The van der Waals surface area contributed by atoms with E-state index in [1.807, 2.05) is 0 Å². The van der Waals surface area contributed by atoms with E-state index < -0.39 is 11.5 Å². The summed E-state index contributed by atoms with van der Waals surface area (Å²) < 4.78 is 0. The van der Waals surface area contributed by atoms with Gasteiger partial charge < -0.3 is 15.7 Å². The summed E-state index contributed by atoms with van der Waals surface area (Å²) in [4.78, 5) is 23.3. The minimum absolute atomic E-state index is 0.125. The van der Waals surface area contributed by atoms with Gasteiger partial charge in [-0.15, -0.1) is 0 Å². The van der Waals surface area contributed by atoms with E-state index in [1.54, 1.807) is 13.8 Å². The van der Waals surface area contributed by atoms with Crippen LogP contribution in [0.1, 0.15) is 33.1 Å². The Morgan fingerprint density at radius 2 is 2.25 bits per heavy atom. The molecule has 0 bridgehead atoms. The summed E-state index contributed by atoms with van der Waals surface area (Å²) in [5.74, 6) is -0.406. The number of nitrogens with one attached hydrogen (secondary N) is 2. The first-order chi connectivity index (χ1) is 7.47. The summed E-state index contributed by atoms with van der Waals surface area (Å²) in [5, 5.41) is 14.5. The van der Waals surface area contributed by atoms with Crippen molar-refractivity contribution in [1.82, 2.24) is 10.6 Å². The summed E-state index contributed by atoms with van der Waals surface area (Å²) >= 11 is 0.